The van der Waals surface area contributed by atoms with E-state index in [1.807, 2.05) is 13.8 Å². The van der Waals surface area contributed by atoms with Gasteiger partial charge in [-0.2, -0.15) is 0 Å². The Hall–Kier alpha value is -0.220. The first-order valence-corrected chi connectivity index (χ1v) is 6.36. The molecular formula is C11H14Br2O2. The Labute approximate surface area is 108 Å². The van der Waals surface area contributed by atoms with Crippen molar-refractivity contribution in [1.82, 2.24) is 0 Å². The molecule has 0 unspecified atom stereocenters. The first-order chi connectivity index (χ1) is 7.08. The van der Waals surface area contributed by atoms with Gasteiger partial charge in [-0.1, -0.05) is 15.9 Å². The molecule has 1 aromatic carbocycles. The zero-order valence-electron chi connectivity index (χ0n) is 9.28. The zero-order chi connectivity index (χ0) is 11.6. The van der Waals surface area contributed by atoms with E-state index in [-0.39, 0.29) is 0 Å². The third-order valence-electron chi connectivity index (χ3n) is 2.68. The third kappa shape index (κ3) is 2.16. The highest BCUT2D eigenvalue weighted by Gasteiger charge is 2.17. The third-order valence-corrected chi connectivity index (χ3v) is 3.57. The van der Waals surface area contributed by atoms with Crippen molar-refractivity contribution in [2.45, 2.75) is 26.1 Å². The number of hydrogen-bond donors (Lipinski definition) is 0. The summed E-state index contributed by atoms with van der Waals surface area (Å²) in [6, 6.07) is 0. The number of rotatable bonds is 3. The second kappa shape index (κ2) is 5.21. The summed E-state index contributed by atoms with van der Waals surface area (Å²) in [6.07, 6.45) is 0. The fraction of sp³-hybridized carbons (Fsp3) is 0.455. The summed E-state index contributed by atoms with van der Waals surface area (Å²) < 4.78 is 10.6. The maximum absolute atomic E-state index is 5.39. The molecule has 0 aromatic heterocycles. The van der Waals surface area contributed by atoms with Crippen LogP contribution in [0.5, 0.6) is 11.5 Å². The topological polar surface area (TPSA) is 18.5 Å². The fourth-order valence-corrected chi connectivity index (χ4v) is 3.17. The summed E-state index contributed by atoms with van der Waals surface area (Å²) in [6.45, 7) is 6.10. The first kappa shape index (κ1) is 12.8. The fourth-order valence-electron chi connectivity index (χ4n) is 1.84. The minimum atomic E-state index is 0.796. The van der Waals surface area contributed by atoms with Crippen LogP contribution in [0.2, 0.25) is 0 Å². The lowest BCUT2D eigenvalue weighted by Crippen LogP contribution is -2.00. The molecule has 1 rings (SSSR count). The molecule has 0 aliphatic heterocycles. The van der Waals surface area contributed by atoms with Crippen LogP contribution in [-0.4, -0.2) is 7.11 Å². The van der Waals surface area contributed by atoms with Gasteiger partial charge in [-0.05, 0) is 37.5 Å². The lowest BCUT2D eigenvalue weighted by atomic mass is 9.98. The Morgan fingerprint density at radius 3 is 1.93 bits per heavy atom. The predicted molar refractivity (Wildman–Crippen MR) is 69.4 cm³/mol. The first-order valence-electron chi connectivity index (χ1n) is 4.59. The maximum atomic E-state index is 5.39. The summed E-state index contributed by atoms with van der Waals surface area (Å²) in [7, 11) is 1.68. The second-order valence-electron chi connectivity index (χ2n) is 3.43. The molecular weight excluding hydrogens is 324 g/mol. The standard InChI is InChI=1S/C11H14Br2O2/c1-6-9(5-12)7(2)11(15-13)8(3)10(6)14-4/h5H2,1-4H3. The minimum Gasteiger partial charge on any atom is -0.496 e. The molecule has 0 fully saturated rings. The number of methoxy groups -OCH3 is 1. The summed E-state index contributed by atoms with van der Waals surface area (Å²) in [5.74, 6) is 1.73. The highest BCUT2D eigenvalue weighted by molar-refractivity contribution is 9.08. The Balaban J connectivity index is 3.57. The second-order valence-corrected chi connectivity index (χ2v) is 4.31. The molecule has 2 nitrogen and oxygen atoms in total. The largest absolute Gasteiger partial charge is 0.496 e. The zero-order valence-corrected chi connectivity index (χ0v) is 12.5. The highest BCUT2D eigenvalue weighted by Crippen LogP contribution is 2.39. The van der Waals surface area contributed by atoms with Gasteiger partial charge in [0.15, 0.2) is 16.3 Å². The van der Waals surface area contributed by atoms with Crippen LogP contribution < -0.4 is 8.57 Å². The van der Waals surface area contributed by atoms with E-state index in [1.54, 1.807) is 7.11 Å². The lowest BCUT2D eigenvalue weighted by molar-refractivity contribution is 0.406. The van der Waals surface area contributed by atoms with Crippen molar-refractivity contribution in [3.8, 4) is 11.5 Å². The summed E-state index contributed by atoms with van der Waals surface area (Å²) >= 11 is 6.52. The van der Waals surface area contributed by atoms with Crippen LogP contribution in [0.15, 0.2) is 0 Å². The number of ether oxygens (including phenoxy) is 1. The van der Waals surface area contributed by atoms with Gasteiger partial charge in [0, 0.05) is 10.9 Å². The summed E-state index contributed by atoms with van der Waals surface area (Å²) in [5.41, 5.74) is 4.54. The van der Waals surface area contributed by atoms with Crippen LogP contribution in [-0.2, 0) is 5.33 Å². The molecule has 0 heterocycles. The number of hydrogen-bond acceptors (Lipinski definition) is 2. The number of benzene rings is 1. The average Bonchev–Trinajstić information content (AvgIpc) is 2.19. The molecule has 0 amide bonds. The van der Waals surface area contributed by atoms with E-state index < -0.39 is 0 Å². The molecule has 4 heteroatoms. The molecule has 1 aromatic rings. The van der Waals surface area contributed by atoms with Gasteiger partial charge in [0.25, 0.3) is 0 Å². The number of halogens is 2. The van der Waals surface area contributed by atoms with E-state index in [1.165, 1.54) is 5.56 Å². The Morgan fingerprint density at radius 2 is 1.53 bits per heavy atom. The van der Waals surface area contributed by atoms with Gasteiger partial charge in [0.2, 0.25) is 0 Å². The molecule has 0 radical (unpaired) electrons. The molecule has 0 N–H and O–H groups in total. The molecule has 0 saturated heterocycles. The van der Waals surface area contributed by atoms with Gasteiger partial charge in [-0.15, -0.1) is 0 Å². The van der Waals surface area contributed by atoms with Crippen LogP contribution in [0.1, 0.15) is 22.3 Å². The van der Waals surface area contributed by atoms with Gasteiger partial charge in [0.05, 0.1) is 7.11 Å². The van der Waals surface area contributed by atoms with Crippen molar-refractivity contribution < 1.29 is 8.57 Å². The predicted octanol–water partition coefficient (Wildman–Crippen LogP) is 4.20. The smallest absolute Gasteiger partial charge is 0.179 e. The SMILES string of the molecule is COc1c(C)c(CBr)c(C)c(OBr)c1C. The van der Waals surface area contributed by atoms with Crippen LogP contribution in [0, 0.1) is 20.8 Å². The molecule has 0 atom stereocenters. The van der Waals surface area contributed by atoms with E-state index in [0.29, 0.717) is 0 Å². The maximum Gasteiger partial charge on any atom is 0.179 e. The van der Waals surface area contributed by atoms with Gasteiger partial charge >= 0.3 is 0 Å². The van der Waals surface area contributed by atoms with Crippen molar-refractivity contribution >= 4 is 32.2 Å². The minimum absolute atomic E-state index is 0.796. The van der Waals surface area contributed by atoms with Crippen molar-refractivity contribution in [1.29, 1.82) is 0 Å². The Morgan fingerprint density at radius 1 is 1.00 bits per heavy atom. The van der Waals surface area contributed by atoms with Crippen molar-refractivity contribution in [3.63, 3.8) is 0 Å². The molecule has 0 aliphatic carbocycles. The lowest BCUT2D eigenvalue weighted by Gasteiger charge is -2.18. The van der Waals surface area contributed by atoms with Crippen LogP contribution in [0.4, 0.5) is 0 Å². The summed E-state index contributed by atoms with van der Waals surface area (Å²) in [5, 5.41) is 0.796. The van der Waals surface area contributed by atoms with Gasteiger partial charge in [-0.25, -0.2) is 0 Å². The van der Waals surface area contributed by atoms with Gasteiger partial charge in [0.1, 0.15) is 11.5 Å². The van der Waals surface area contributed by atoms with Gasteiger partial charge < -0.3 is 8.57 Å². The van der Waals surface area contributed by atoms with E-state index in [2.05, 4.69) is 39.1 Å². The van der Waals surface area contributed by atoms with Crippen molar-refractivity contribution in [2.24, 2.45) is 0 Å². The van der Waals surface area contributed by atoms with Crippen LogP contribution in [0.3, 0.4) is 0 Å². The molecule has 0 bridgehead atoms. The molecule has 0 aliphatic rings. The van der Waals surface area contributed by atoms with Gasteiger partial charge in [-0.3, -0.25) is 0 Å². The van der Waals surface area contributed by atoms with E-state index in [0.717, 1.165) is 33.5 Å². The Bertz CT molecular complexity index is 297. The average molecular weight is 338 g/mol. The quantitative estimate of drug-likeness (QED) is 0.769. The normalized spacial score (nSPS) is 10.3. The molecule has 0 saturated carbocycles. The van der Waals surface area contributed by atoms with E-state index in [4.69, 9.17) is 8.57 Å². The van der Waals surface area contributed by atoms with Crippen LogP contribution in [0.25, 0.3) is 0 Å². The molecule has 84 valence electrons. The van der Waals surface area contributed by atoms with Crippen molar-refractivity contribution in [2.75, 3.05) is 7.11 Å². The molecule has 0 spiro atoms. The Kier molecular flexibility index (Phi) is 4.46. The monoisotopic (exact) mass is 336 g/mol. The summed E-state index contributed by atoms with van der Waals surface area (Å²) in [4.78, 5) is 0. The van der Waals surface area contributed by atoms with E-state index in [9.17, 15) is 0 Å². The van der Waals surface area contributed by atoms with Crippen LogP contribution >= 0.6 is 32.2 Å². The highest BCUT2D eigenvalue weighted by atomic mass is 79.9. The van der Waals surface area contributed by atoms with Crippen molar-refractivity contribution in [3.05, 3.63) is 22.3 Å². The molecule has 15 heavy (non-hydrogen) atoms. The van der Waals surface area contributed by atoms with E-state index >= 15 is 0 Å². The number of alkyl halides is 1.